The summed E-state index contributed by atoms with van der Waals surface area (Å²) in [5, 5.41) is 16.5. The fourth-order valence-corrected chi connectivity index (χ4v) is 5.25. The average Bonchev–Trinajstić information content (AvgIpc) is 3.31. The maximum Gasteiger partial charge on any atom is 0.229 e. The zero-order valence-corrected chi connectivity index (χ0v) is 17.9. The average molecular weight is 433 g/mol. The van der Waals surface area contributed by atoms with Crippen molar-refractivity contribution >= 4 is 23.1 Å². The van der Waals surface area contributed by atoms with E-state index in [9.17, 15) is 9.50 Å². The molecular formula is C23H24FN7O. The molecule has 8 nitrogen and oxygen atoms in total. The number of rotatable bonds is 4. The van der Waals surface area contributed by atoms with Crippen LogP contribution in [0.25, 0.3) is 11.1 Å². The highest BCUT2D eigenvalue weighted by Gasteiger charge is 2.47. The Morgan fingerprint density at radius 3 is 2.69 bits per heavy atom. The van der Waals surface area contributed by atoms with Crippen LogP contribution in [0.1, 0.15) is 23.5 Å². The summed E-state index contributed by atoms with van der Waals surface area (Å²) in [4.78, 5) is 20.3. The molecular weight excluding hydrogens is 409 g/mol. The first-order chi connectivity index (χ1) is 15.5. The Labute approximate surface area is 185 Å². The number of hydrogen-bond donors (Lipinski definition) is 3. The summed E-state index contributed by atoms with van der Waals surface area (Å²) in [7, 11) is 1.80. The molecule has 2 fully saturated rings. The van der Waals surface area contributed by atoms with Gasteiger partial charge in [-0.25, -0.2) is 19.3 Å². The van der Waals surface area contributed by atoms with E-state index in [1.54, 1.807) is 25.5 Å². The number of halogens is 1. The lowest BCUT2D eigenvalue weighted by molar-refractivity contribution is -0.00398. The lowest BCUT2D eigenvalue weighted by Crippen LogP contribution is -2.39. The second-order valence-electron chi connectivity index (χ2n) is 8.87. The van der Waals surface area contributed by atoms with Crippen LogP contribution in [0.5, 0.6) is 0 Å². The van der Waals surface area contributed by atoms with Gasteiger partial charge in [0.25, 0.3) is 0 Å². The minimum absolute atomic E-state index is 0.247. The van der Waals surface area contributed by atoms with Crippen LogP contribution in [0.3, 0.4) is 0 Å². The predicted octanol–water partition coefficient (Wildman–Crippen LogP) is 2.89. The SMILES string of the molecule is CNc1cc(F)cc2c1Cc1nc(Nc3cnc(C)nc3)nc(N3CC4CC(O)C4C3)c1-2. The van der Waals surface area contributed by atoms with Crippen LogP contribution in [0.15, 0.2) is 24.5 Å². The summed E-state index contributed by atoms with van der Waals surface area (Å²) < 4.78 is 14.4. The van der Waals surface area contributed by atoms with Crippen LogP contribution in [0.4, 0.5) is 27.5 Å². The lowest BCUT2D eigenvalue weighted by atomic mass is 9.74. The first-order valence-corrected chi connectivity index (χ1v) is 10.9. The summed E-state index contributed by atoms with van der Waals surface area (Å²) in [6, 6.07) is 3.10. The molecule has 164 valence electrons. The molecule has 1 aromatic carbocycles. The number of nitrogens with zero attached hydrogens (tertiary/aromatic N) is 5. The number of aromatic nitrogens is 4. The first kappa shape index (κ1) is 19.4. The molecule has 3 N–H and O–H groups in total. The van der Waals surface area contributed by atoms with E-state index in [2.05, 4.69) is 25.5 Å². The number of fused-ring (bicyclic) bond motifs is 4. The molecule has 32 heavy (non-hydrogen) atoms. The summed E-state index contributed by atoms with van der Waals surface area (Å²) in [5.74, 6) is 2.39. The van der Waals surface area contributed by atoms with Gasteiger partial charge in [0.15, 0.2) is 0 Å². The smallest absolute Gasteiger partial charge is 0.229 e. The molecule has 1 aliphatic heterocycles. The largest absolute Gasteiger partial charge is 0.393 e. The van der Waals surface area contributed by atoms with Crippen molar-refractivity contribution in [2.24, 2.45) is 11.8 Å². The third-order valence-corrected chi connectivity index (χ3v) is 6.93. The molecule has 3 atom stereocenters. The van der Waals surface area contributed by atoms with Crippen molar-refractivity contribution in [1.82, 2.24) is 19.9 Å². The van der Waals surface area contributed by atoms with Crippen molar-refractivity contribution in [1.29, 1.82) is 0 Å². The maximum atomic E-state index is 14.4. The number of aliphatic hydroxyl groups is 1. The van der Waals surface area contributed by atoms with Crippen molar-refractivity contribution < 1.29 is 9.50 Å². The van der Waals surface area contributed by atoms with Gasteiger partial charge in [-0.1, -0.05) is 0 Å². The Morgan fingerprint density at radius 2 is 1.97 bits per heavy atom. The van der Waals surface area contributed by atoms with Gasteiger partial charge < -0.3 is 20.6 Å². The van der Waals surface area contributed by atoms with E-state index in [0.29, 0.717) is 29.8 Å². The molecule has 0 amide bonds. The number of aryl methyl sites for hydroxylation is 1. The fraction of sp³-hybridized carbons (Fsp3) is 0.391. The van der Waals surface area contributed by atoms with Crippen molar-refractivity contribution in [3.63, 3.8) is 0 Å². The van der Waals surface area contributed by atoms with Gasteiger partial charge in [-0.3, -0.25) is 0 Å². The summed E-state index contributed by atoms with van der Waals surface area (Å²) >= 11 is 0. The van der Waals surface area contributed by atoms with E-state index < -0.39 is 0 Å². The first-order valence-electron chi connectivity index (χ1n) is 10.9. The Balaban J connectivity index is 1.46. The third-order valence-electron chi connectivity index (χ3n) is 6.93. The molecule has 1 saturated heterocycles. The van der Waals surface area contributed by atoms with E-state index in [4.69, 9.17) is 9.97 Å². The monoisotopic (exact) mass is 433 g/mol. The molecule has 3 aromatic rings. The van der Waals surface area contributed by atoms with Crippen LogP contribution < -0.4 is 15.5 Å². The second-order valence-corrected chi connectivity index (χ2v) is 8.87. The van der Waals surface area contributed by atoms with Crippen molar-refractivity contribution in [3.8, 4) is 11.1 Å². The Bertz CT molecular complexity index is 1220. The molecule has 3 heterocycles. The maximum absolute atomic E-state index is 14.4. The van der Waals surface area contributed by atoms with Gasteiger partial charge in [-0.05, 0) is 42.5 Å². The van der Waals surface area contributed by atoms with Gasteiger partial charge in [-0.15, -0.1) is 0 Å². The van der Waals surface area contributed by atoms with Crippen molar-refractivity contribution in [2.75, 3.05) is 35.7 Å². The highest BCUT2D eigenvalue weighted by molar-refractivity contribution is 5.88. The van der Waals surface area contributed by atoms with Crippen LogP contribution in [0, 0.1) is 24.6 Å². The number of aliphatic hydroxyl groups excluding tert-OH is 1. The number of nitrogens with one attached hydrogen (secondary N) is 2. The summed E-state index contributed by atoms with van der Waals surface area (Å²) in [6.45, 7) is 3.41. The highest BCUT2D eigenvalue weighted by atomic mass is 19.1. The quantitative estimate of drug-likeness (QED) is 0.452. The van der Waals surface area contributed by atoms with Crippen molar-refractivity contribution in [2.45, 2.75) is 25.9 Å². The highest BCUT2D eigenvalue weighted by Crippen LogP contribution is 2.48. The Kier molecular flexibility index (Phi) is 4.29. The standard InChI is InChI=1S/C23H24FN7O/c1-11-26-7-14(8-27-11)28-23-29-19-6-15-16(4-13(24)5-18(15)25-2)21(19)22(30-23)31-9-12-3-20(32)17(12)10-31/h4-5,7-8,12,17,20,25,32H,3,6,9-10H2,1-2H3,(H,28,29,30). The summed E-state index contributed by atoms with van der Waals surface area (Å²) in [6.07, 6.45) is 4.58. The van der Waals surface area contributed by atoms with E-state index >= 15 is 0 Å². The van der Waals surface area contributed by atoms with E-state index in [0.717, 1.165) is 53.4 Å². The number of benzene rings is 1. The Hall–Kier alpha value is -3.33. The molecule has 0 radical (unpaired) electrons. The lowest BCUT2D eigenvalue weighted by Gasteiger charge is -2.34. The molecule has 0 spiro atoms. The minimum atomic E-state index is -0.289. The van der Waals surface area contributed by atoms with Crippen LogP contribution in [0.2, 0.25) is 0 Å². The molecule has 3 aliphatic rings. The normalized spacial score (nSPS) is 22.8. The van der Waals surface area contributed by atoms with Gasteiger partial charge in [0.2, 0.25) is 5.95 Å². The molecule has 2 aromatic heterocycles. The van der Waals surface area contributed by atoms with E-state index in [1.807, 2.05) is 6.92 Å². The number of hydrogen-bond acceptors (Lipinski definition) is 8. The van der Waals surface area contributed by atoms with Gasteiger partial charge in [0, 0.05) is 43.7 Å². The zero-order chi connectivity index (χ0) is 22.0. The Morgan fingerprint density at radius 1 is 1.16 bits per heavy atom. The minimum Gasteiger partial charge on any atom is -0.393 e. The fourth-order valence-electron chi connectivity index (χ4n) is 5.25. The van der Waals surface area contributed by atoms with E-state index in [-0.39, 0.29) is 17.8 Å². The van der Waals surface area contributed by atoms with E-state index in [1.165, 1.54) is 6.07 Å². The molecule has 2 aliphatic carbocycles. The third kappa shape index (κ3) is 2.99. The molecule has 0 bridgehead atoms. The number of anilines is 4. The topological polar surface area (TPSA) is 99.1 Å². The van der Waals surface area contributed by atoms with Crippen molar-refractivity contribution in [3.05, 3.63) is 47.4 Å². The van der Waals surface area contributed by atoms with Crippen LogP contribution in [-0.4, -0.2) is 51.3 Å². The van der Waals surface area contributed by atoms with Gasteiger partial charge >= 0.3 is 0 Å². The van der Waals surface area contributed by atoms with Gasteiger partial charge in [0.1, 0.15) is 17.5 Å². The van der Waals surface area contributed by atoms with Gasteiger partial charge in [-0.2, -0.15) is 4.98 Å². The van der Waals surface area contributed by atoms with Crippen LogP contribution in [-0.2, 0) is 6.42 Å². The molecule has 6 rings (SSSR count). The summed E-state index contributed by atoms with van der Waals surface area (Å²) in [5.41, 5.74) is 5.08. The second kappa shape index (κ2) is 7.09. The molecule has 1 saturated carbocycles. The predicted molar refractivity (Wildman–Crippen MR) is 120 cm³/mol. The molecule has 3 unspecified atom stereocenters. The van der Waals surface area contributed by atoms with Crippen LogP contribution >= 0.6 is 0 Å². The van der Waals surface area contributed by atoms with Gasteiger partial charge in [0.05, 0.1) is 29.9 Å². The molecule has 9 heteroatoms. The zero-order valence-electron chi connectivity index (χ0n) is 17.9.